The van der Waals surface area contributed by atoms with Gasteiger partial charge in [0.15, 0.2) is 0 Å². The zero-order valence-electron chi connectivity index (χ0n) is 10.2. The van der Waals surface area contributed by atoms with Gasteiger partial charge in [0.1, 0.15) is 0 Å². The normalized spacial score (nSPS) is 17.6. The van der Waals surface area contributed by atoms with E-state index in [-0.39, 0.29) is 0 Å². The van der Waals surface area contributed by atoms with Crippen molar-refractivity contribution in [3.8, 4) is 0 Å². The quantitative estimate of drug-likeness (QED) is 0.737. The Kier molecular flexibility index (Phi) is 3.46. The van der Waals surface area contributed by atoms with Gasteiger partial charge in [0, 0.05) is 38.4 Å². The van der Waals surface area contributed by atoms with Crippen LogP contribution in [0, 0.1) is 13.8 Å². The lowest BCUT2D eigenvalue weighted by Gasteiger charge is -2.28. The Hall–Kier alpha value is -1.06. The average molecular weight is 219 g/mol. The van der Waals surface area contributed by atoms with E-state index >= 15 is 0 Å². The van der Waals surface area contributed by atoms with Gasteiger partial charge in [0.05, 0.1) is 0 Å². The summed E-state index contributed by atoms with van der Waals surface area (Å²) in [5.74, 6) is 0. The topological polar surface area (TPSA) is 41.3 Å². The van der Waals surface area contributed by atoms with Crippen molar-refractivity contribution in [3.63, 3.8) is 0 Å². The van der Waals surface area contributed by atoms with Gasteiger partial charge in [-0.15, -0.1) is 0 Å². The molecule has 2 rings (SSSR count). The molecule has 1 aromatic carbocycles. The summed E-state index contributed by atoms with van der Waals surface area (Å²) in [5.41, 5.74) is 10.9. The Morgan fingerprint density at radius 2 is 1.94 bits per heavy atom. The van der Waals surface area contributed by atoms with Crippen molar-refractivity contribution >= 4 is 5.69 Å². The van der Waals surface area contributed by atoms with Gasteiger partial charge in [-0.25, -0.2) is 0 Å². The molecule has 1 aromatic rings. The fourth-order valence-corrected chi connectivity index (χ4v) is 2.34. The zero-order chi connectivity index (χ0) is 11.5. The molecule has 16 heavy (non-hydrogen) atoms. The second-order valence-corrected chi connectivity index (χ2v) is 4.68. The van der Waals surface area contributed by atoms with Crippen molar-refractivity contribution in [3.05, 3.63) is 28.8 Å². The first-order valence-corrected chi connectivity index (χ1v) is 5.95. The predicted molar refractivity (Wildman–Crippen MR) is 68.5 cm³/mol. The Bertz CT molecular complexity index is 344. The third-order valence-corrected chi connectivity index (χ3v) is 3.24. The molecule has 1 fully saturated rings. The first-order chi connectivity index (χ1) is 7.66. The third kappa shape index (κ3) is 2.54. The van der Waals surface area contributed by atoms with Crippen molar-refractivity contribution in [2.75, 3.05) is 31.9 Å². The number of nitrogens with one attached hydrogen (secondary N) is 1. The molecule has 0 unspecified atom stereocenters. The fraction of sp³-hybridized carbons (Fsp3) is 0.538. The van der Waals surface area contributed by atoms with Crippen LogP contribution in [-0.2, 0) is 6.54 Å². The van der Waals surface area contributed by atoms with Crippen LogP contribution in [0.4, 0.5) is 5.69 Å². The lowest BCUT2D eigenvalue weighted by atomic mass is 10.0. The molecule has 0 aromatic heterocycles. The molecule has 0 aliphatic carbocycles. The highest BCUT2D eigenvalue weighted by Gasteiger charge is 2.13. The van der Waals surface area contributed by atoms with Crippen LogP contribution < -0.4 is 11.1 Å². The van der Waals surface area contributed by atoms with Crippen LogP contribution in [0.5, 0.6) is 0 Å². The van der Waals surface area contributed by atoms with E-state index < -0.39 is 0 Å². The molecule has 3 heteroatoms. The van der Waals surface area contributed by atoms with Gasteiger partial charge in [-0.3, -0.25) is 4.90 Å². The number of anilines is 1. The van der Waals surface area contributed by atoms with Gasteiger partial charge in [0.2, 0.25) is 0 Å². The molecule has 0 atom stereocenters. The van der Waals surface area contributed by atoms with E-state index in [1.807, 2.05) is 0 Å². The highest BCUT2D eigenvalue weighted by atomic mass is 15.2. The lowest BCUT2D eigenvalue weighted by molar-refractivity contribution is 0.233. The molecule has 3 nitrogen and oxygen atoms in total. The van der Waals surface area contributed by atoms with Crippen LogP contribution >= 0.6 is 0 Å². The van der Waals surface area contributed by atoms with Crippen LogP contribution in [0.25, 0.3) is 0 Å². The minimum absolute atomic E-state index is 0.941. The van der Waals surface area contributed by atoms with Crippen molar-refractivity contribution in [1.29, 1.82) is 0 Å². The van der Waals surface area contributed by atoms with E-state index in [1.54, 1.807) is 0 Å². The molecule has 0 spiro atoms. The Morgan fingerprint density at radius 1 is 1.25 bits per heavy atom. The molecule has 0 bridgehead atoms. The summed E-state index contributed by atoms with van der Waals surface area (Å²) >= 11 is 0. The van der Waals surface area contributed by atoms with Gasteiger partial charge in [-0.1, -0.05) is 6.07 Å². The highest BCUT2D eigenvalue weighted by Crippen LogP contribution is 2.21. The average Bonchev–Trinajstić information content (AvgIpc) is 2.25. The summed E-state index contributed by atoms with van der Waals surface area (Å²) in [6.45, 7) is 9.65. The third-order valence-electron chi connectivity index (χ3n) is 3.24. The second-order valence-electron chi connectivity index (χ2n) is 4.68. The van der Waals surface area contributed by atoms with Crippen molar-refractivity contribution in [2.24, 2.45) is 0 Å². The van der Waals surface area contributed by atoms with E-state index in [1.165, 1.54) is 16.7 Å². The van der Waals surface area contributed by atoms with Crippen LogP contribution in [0.1, 0.15) is 16.7 Å². The Morgan fingerprint density at radius 3 is 2.56 bits per heavy atom. The van der Waals surface area contributed by atoms with Gasteiger partial charge in [-0.2, -0.15) is 0 Å². The maximum atomic E-state index is 6.10. The fourth-order valence-electron chi connectivity index (χ4n) is 2.34. The lowest BCUT2D eigenvalue weighted by Crippen LogP contribution is -2.43. The summed E-state index contributed by atoms with van der Waals surface area (Å²) in [6.07, 6.45) is 0. The number of nitrogen functional groups attached to an aromatic ring is 1. The van der Waals surface area contributed by atoms with Crippen LogP contribution in [0.15, 0.2) is 12.1 Å². The van der Waals surface area contributed by atoms with Crippen molar-refractivity contribution in [2.45, 2.75) is 20.4 Å². The molecular weight excluding hydrogens is 198 g/mol. The SMILES string of the molecule is Cc1cc(C)c(CN2CCNCC2)c(N)c1. The number of hydrogen-bond donors (Lipinski definition) is 2. The van der Waals surface area contributed by atoms with Crippen LogP contribution in [0.3, 0.4) is 0 Å². The molecule has 0 amide bonds. The second kappa shape index (κ2) is 4.85. The minimum Gasteiger partial charge on any atom is -0.398 e. The predicted octanol–water partition coefficient (Wildman–Crippen LogP) is 1.29. The summed E-state index contributed by atoms with van der Waals surface area (Å²) in [5, 5.41) is 3.37. The van der Waals surface area contributed by atoms with E-state index in [4.69, 9.17) is 5.73 Å². The molecular formula is C13H21N3. The van der Waals surface area contributed by atoms with E-state index in [2.05, 4.69) is 36.2 Å². The van der Waals surface area contributed by atoms with Crippen molar-refractivity contribution < 1.29 is 0 Å². The zero-order valence-corrected chi connectivity index (χ0v) is 10.2. The molecule has 1 aliphatic heterocycles. The Balaban J connectivity index is 2.14. The smallest absolute Gasteiger partial charge is 0.0365 e. The number of piperazine rings is 1. The monoisotopic (exact) mass is 219 g/mol. The number of benzene rings is 1. The maximum absolute atomic E-state index is 6.10. The Labute approximate surface area is 97.6 Å². The molecule has 88 valence electrons. The largest absolute Gasteiger partial charge is 0.398 e. The van der Waals surface area contributed by atoms with Gasteiger partial charge in [-0.05, 0) is 36.6 Å². The summed E-state index contributed by atoms with van der Waals surface area (Å²) in [6, 6.07) is 4.29. The first kappa shape index (κ1) is 11.4. The molecule has 1 aliphatic rings. The molecule has 1 saturated heterocycles. The van der Waals surface area contributed by atoms with E-state index in [0.29, 0.717) is 0 Å². The van der Waals surface area contributed by atoms with Gasteiger partial charge in [0.25, 0.3) is 0 Å². The number of nitrogens with two attached hydrogens (primary N) is 1. The summed E-state index contributed by atoms with van der Waals surface area (Å²) in [7, 11) is 0. The molecule has 0 saturated carbocycles. The van der Waals surface area contributed by atoms with E-state index in [9.17, 15) is 0 Å². The first-order valence-electron chi connectivity index (χ1n) is 5.95. The molecule has 3 N–H and O–H groups in total. The number of rotatable bonds is 2. The standard InChI is InChI=1S/C13H21N3/c1-10-7-11(2)12(13(14)8-10)9-16-5-3-15-4-6-16/h7-8,15H,3-6,9,14H2,1-2H3. The number of hydrogen-bond acceptors (Lipinski definition) is 3. The van der Waals surface area contributed by atoms with Gasteiger partial charge >= 0.3 is 0 Å². The summed E-state index contributed by atoms with van der Waals surface area (Å²) < 4.78 is 0. The van der Waals surface area contributed by atoms with Gasteiger partial charge < -0.3 is 11.1 Å². The minimum atomic E-state index is 0.941. The number of nitrogens with zero attached hydrogens (tertiary/aromatic N) is 1. The maximum Gasteiger partial charge on any atom is 0.0365 e. The molecule has 0 radical (unpaired) electrons. The van der Waals surface area contributed by atoms with Crippen molar-refractivity contribution in [1.82, 2.24) is 10.2 Å². The van der Waals surface area contributed by atoms with Crippen LogP contribution in [-0.4, -0.2) is 31.1 Å². The van der Waals surface area contributed by atoms with Crippen LogP contribution in [0.2, 0.25) is 0 Å². The van der Waals surface area contributed by atoms with E-state index in [0.717, 1.165) is 38.4 Å². The number of aryl methyl sites for hydroxylation is 2. The highest BCUT2D eigenvalue weighted by molar-refractivity contribution is 5.53. The molecule has 1 heterocycles. The summed E-state index contributed by atoms with van der Waals surface area (Å²) in [4.78, 5) is 2.46.